The molecule has 0 amide bonds. The molecule has 74 valence electrons. The Morgan fingerprint density at radius 3 is 2.21 bits per heavy atom. The molecule has 0 saturated heterocycles. The molecule has 2 rings (SSSR count). The van der Waals surface area contributed by atoms with Crippen molar-refractivity contribution in [3.63, 3.8) is 0 Å². The van der Waals surface area contributed by atoms with E-state index < -0.39 is 0 Å². The van der Waals surface area contributed by atoms with E-state index in [4.69, 9.17) is 5.73 Å². The Labute approximate surface area is 84.2 Å². The van der Waals surface area contributed by atoms with E-state index in [0.29, 0.717) is 5.82 Å². The van der Waals surface area contributed by atoms with Crippen molar-refractivity contribution in [1.82, 2.24) is 9.78 Å². The SMILES string of the molecule is CC.Nc1ccnn1-c1ccccc1. The van der Waals surface area contributed by atoms with Crippen molar-refractivity contribution in [3.8, 4) is 5.69 Å². The molecule has 0 aliphatic carbocycles. The maximum atomic E-state index is 5.67. The zero-order chi connectivity index (χ0) is 10.4. The lowest BCUT2D eigenvalue weighted by Crippen LogP contribution is -2.00. The number of nitrogens with two attached hydrogens (primary N) is 1. The van der Waals surface area contributed by atoms with Gasteiger partial charge in [0.25, 0.3) is 0 Å². The lowest BCUT2D eigenvalue weighted by molar-refractivity contribution is 0.891. The summed E-state index contributed by atoms with van der Waals surface area (Å²) in [5.41, 5.74) is 6.66. The first-order valence-corrected chi connectivity index (χ1v) is 4.73. The fourth-order valence-corrected chi connectivity index (χ4v) is 1.10. The van der Waals surface area contributed by atoms with E-state index in [1.165, 1.54) is 0 Å². The summed E-state index contributed by atoms with van der Waals surface area (Å²) in [6.07, 6.45) is 1.68. The monoisotopic (exact) mass is 189 g/mol. The molecule has 3 heteroatoms. The lowest BCUT2D eigenvalue weighted by Gasteiger charge is -2.01. The average Bonchev–Trinajstić information content (AvgIpc) is 2.69. The molecule has 0 unspecified atom stereocenters. The molecule has 0 fully saturated rings. The molecular formula is C11H15N3. The van der Waals surface area contributed by atoms with Crippen molar-refractivity contribution in [3.05, 3.63) is 42.6 Å². The van der Waals surface area contributed by atoms with Crippen LogP contribution in [0.15, 0.2) is 42.6 Å². The molecule has 0 aliphatic rings. The van der Waals surface area contributed by atoms with E-state index in [1.54, 1.807) is 16.9 Å². The number of aromatic nitrogens is 2. The van der Waals surface area contributed by atoms with Gasteiger partial charge in [0, 0.05) is 6.07 Å². The summed E-state index contributed by atoms with van der Waals surface area (Å²) in [6.45, 7) is 4.00. The zero-order valence-electron chi connectivity index (χ0n) is 8.51. The smallest absolute Gasteiger partial charge is 0.127 e. The van der Waals surface area contributed by atoms with Gasteiger partial charge >= 0.3 is 0 Å². The Morgan fingerprint density at radius 2 is 1.71 bits per heavy atom. The van der Waals surface area contributed by atoms with Gasteiger partial charge in [0.1, 0.15) is 5.82 Å². The largest absolute Gasteiger partial charge is 0.384 e. The summed E-state index contributed by atoms with van der Waals surface area (Å²) in [5.74, 6) is 0.654. The average molecular weight is 189 g/mol. The molecule has 0 saturated carbocycles. The van der Waals surface area contributed by atoms with Crippen molar-refractivity contribution in [2.45, 2.75) is 13.8 Å². The summed E-state index contributed by atoms with van der Waals surface area (Å²) in [5, 5.41) is 4.08. The van der Waals surface area contributed by atoms with Crippen molar-refractivity contribution in [2.75, 3.05) is 5.73 Å². The number of anilines is 1. The lowest BCUT2D eigenvalue weighted by atomic mass is 10.3. The van der Waals surface area contributed by atoms with E-state index in [9.17, 15) is 0 Å². The van der Waals surface area contributed by atoms with Gasteiger partial charge in [0.2, 0.25) is 0 Å². The standard InChI is InChI=1S/C9H9N3.C2H6/c10-9-6-7-11-12(9)8-4-2-1-3-5-8;1-2/h1-7H,10H2;1-2H3. The van der Waals surface area contributed by atoms with Crippen LogP contribution in [0.2, 0.25) is 0 Å². The third kappa shape index (κ3) is 2.13. The molecule has 0 bridgehead atoms. The molecule has 1 aromatic carbocycles. The number of hydrogen-bond acceptors (Lipinski definition) is 2. The van der Waals surface area contributed by atoms with Crippen molar-refractivity contribution >= 4 is 5.82 Å². The summed E-state index contributed by atoms with van der Waals surface area (Å²) >= 11 is 0. The minimum Gasteiger partial charge on any atom is -0.384 e. The first-order chi connectivity index (χ1) is 6.88. The van der Waals surface area contributed by atoms with Crippen LogP contribution in [-0.2, 0) is 0 Å². The minimum absolute atomic E-state index is 0.654. The van der Waals surface area contributed by atoms with Crippen LogP contribution in [0, 0.1) is 0 Å². The topological polar surface area (TPSA) is 43.8 Å². The third-order valence-electron chi connectivity index (χ3n) is 1.67. The number of benzene rings is 1. The second kappa shape index (κ2) is 5.07. The summed E-state index contributed by atoms with van der Waals surface area (Å²) in [7, 11) is 0. The quantitative estimate of drug-likeness (QED) is 0.749. The fraction of sp³-hybridized carbons (Fsp3) is 0.182. The van der Waals surface area contributed by atoms with Gasteiger partial charge in [0.05, 0.1) is 11.9 Å². The highest BCUT2D eigenvalue weighted by Crippen LogP contribution is 2.09. The van der Waals surface area contributed by atoms with Crippen LogP contribution >= 0.6 is 0 Å². The maximum Gasteiger partial charge on any atom is 0.127 e. The van der Waals surface area contributed by atoms with E-state index in [1.807, 2.05) is 44.2 Å². The fourth-order valence-electron chi connectivity index (χ4n) is 1.10. The van der Waals surface area contributed by atoms with E-state index in [-0.39, 0.29) is 0 Å². The highest BCUT2D eigenvalue weighted by molar-refractivity contribution is 5.40. The van der Waals surface area contributed by atoms with Gasteiger partial charge < -0.3 is 5.73 Å². The van der Waals surface area contributed by atoms with E-state index in [0.717, 1.165) is 5.69 Å². The second-order valence-electron chi connectivity index (χ2n) is 2.50. The number of nitrogens with zero attached hydrogens (tertiary/aromatic N) is 2. The number of hydrogen-bond donors (Lipinski definition) is 1. The molecule has 1 aromatic heterocycles. The molecule has 0 atom stereocenters. The predicted octanol–water partition coefficient (Wildman–Crippen LogP) is 2.48. The van der Waals surface area contributed by atoms with Crippen molar-refractivity contribution in [2.24, 2.45) is 0 Å². The number of nitrogen functional groups attached to an aromatic ring is 1. The van der Waals surface area contributed by atoms with Crippen LogP contribution in [0.5, 0.6) is 0 Å². The van der Waals surface area contributed by atoms with Gasteiger partial charge in [-0.3, -0.25) is 0 Å². The van der Waals surface area contributed by atoms with Crippen molar-refractivity contribution < 1.29 is 0 Å². The molecule has 3 nitrogen and oxygen atoms in total. The Kier molecular flexibility index (Phi) is 3.73. The summed E-state index contributed by atoms with van der Waals surface area (Å²) in [6, 6.07) is 11.6. The Balaban J connectivity index is 0.000000461. The molecular weight excluding hydrogens is 174 g/mol. The summed E-state index contributed by atoms with van der Waals surface area (Å²) < 4.78 is 1.69. The van der Waals surface area contributed by atoms with Crippen LogP contribution in [0.25, 0.3) is 5.69 Å². The first-order valence-electron chi connectivity index (χ1n) is 4.73. The molecule has 2 N–H and O–H groups in total. The van der Waals surface area contributed by atoms with Crippen LogP contribution < -0.4 is 5.73 Å². The van der Waals surface area contributed by atoms with Gasteiger partial charge in [-0.2, -0.15) is 5.10 Å². The number of rotatable bonds is 1. The highest BCUT2D eigenvalue weighted by Gasteiger charge is 1.97. The minimum atomic E-state index is 0.654. The molecule has 2 aromatic rings. The Hall–Kier alpha value is -1.77. The van der Waals surface area contributed by atoms with Crippen LogP contribution in [0.3, 0.4) is 0 Å². The van der Waals surface area contributed by atoms with Crippen molar-refractivity contribution in [1.29, 1.82) is 0 Å². The van der Waals surface area contributed by atoms with Gasteiger partial charge in [0.15, 0.2) is 0 Å². The van der Waals surface area contributed by atoms with E-state index >= 15 is 0 Å². The molecule has 0 radical (unpaired) electrons. The first kappa shape index (κ1) is 10.3. The Morgan fingerprint density at radius 1 is 1.07 bits per heavy atom. The second-order valence-corrected chi connectivity index (χ2v) is 2.50. The molecule has 1 heterocycles. The van der Waals surface area contributed by atoms with Crippen LogP contribution in [0.4, 0.5) is 5.82 Å². The third-order valence-corrected chi connectivity index (χ3v) is 1.67. The van der Waals surface area contributed by atoms with Gasteiger partial charge in [-0.15, -0.1) is 0 Å². The normalized spacial score (nSPS) is 9.00. The molecule has 0 spiro atoms. The summed E-state index contributed by atoms with van der Waals surface area (Å²) in [4.78, 5) is 0. The van der Waals surface area contributed by atoms with Gasteiger partial charge in [-0.05, 0) is 12.1 Å². The molecule has 14 heavy (non-hydrogen) atoms. The van der Waals surface area contributed by atoms with E-state index in [2.05, 4.69) is 5.10 Å². The van der Waals surface area contributed by atoms with Gasteiger partial charge in [-0.25, -0.2) is 4.68 Å². The maximum absolute atomic E-state index is 5.67. The molecule has 0 aliphatic heterocycles. The zero-order valence-corrected chi connectivity index (χ0v) is 8.51. The predicted molar refractivity (Wildman–Crippen MR) is 59.3 cm³/mol. The number of para-hydroxylation sites is 1. The van der Waals surface area contributed by atoms with Crippen LogP contribution in [0.1, 0.15) is 13.8 Å². The van der Waals surface area contributed by atoms with Crippen LogP contribution in [-0.4, -0.2) is 9.78 Å². The Bertz CT molecular complexity index is 365. The van der Waals surface area contributed by atoms with Gasteiger partial charge in [-0.1, -0.05) is 32.0 Å². The highest BCUT2D eigenvalue weighted by atomic mass is 15.3.